The van der Waals surface area contributed by atoms with Crippen molar-refractivity contribution in [3.63, 3.8) is 0 Å². The number of benzene rings is 3. The average molecular weight is 472 g/mol. The van der Waals surface area contributed by atoms with Crippen LogP contribution < -0.4 is 20.1 Å². The number of aromatic amines is 1. The van der Waals surface area contributed by atoms with Gasteiger partial charge in [-0.25, -0.2) is 0 Å². The molecule has 3 aromatic carbocycles. The first-order valence-electron chi connectivity index (χ1n) is 11.3. The van der Waals surface area contributed by atoms with Crippen LogP contribution in [0.2, 0.25) is 0 Å². The zero-order chi connectivity index (χ0) is 25.0. The highest BCUT2D eigenvalue weighted by molar-refractivity contribution is 6.04. The molecule has 0 bridgehead atoms. The molecular formula is C28H29N3O4. The van der Waals surface area contributed by atoms with Crippen molar-refractivity contribution >= 4 is 28.4 Å². The number of fused-ring (bicyclic) bond motifs is 1. The number of carbonyl (C=O) groups excluding carboxylic acids is 2. The Morgan fingerprint density at radius 1 is 0.857 bits per heavy atom. The number of H-pyrrole nitrogens is 1. The summed E-state index contributed by atoms with van der Waals surface area (Å²) in [4.78, 5) is 28.5. The average Bonchev–Trinajstić information content (AvgIpc) is 3.31. The van der Waals surface area contributed by atoms with Gasteiger partial charge >= 0.3 is 0 Å². The van der Waals surface area contributed by atoms with Crippen LogP contribution in [-0.2, 0) is 5.41 Å². The number of hydrogen-bond donors (Lipinski definition) is 3. The molecule has 0 aliphatic carbocycles. The van der Waals surface area contributed by atoms with Gasteiger partial charge in [0.25, 0.3) is 11.8 Å². The first-order valence-corrected chi connectivity index (χ1v) is 11.3. The Balaban J connectivity index is 1.38. The number of methoxy groups -OCH3 is 2. The third-order valence-electron chi connectivity index (χ3n) is 6.04. The highest BCUT2D eigenvalue weighted by atomic mass is 16.5. The van der Waals surface area contributed by atoms with E-state index in [9.17, 15) is 9.59 Å². The lowest BCUT2D eigenvalue weighted by atomic mass is 9.84. The van der Waals surface area contributed by atoms with Crippen molar-refractivity contribution in [3.8, 4) is 11.5 Å². The lowest BCUT2D eigenvalue weighted by Gasteiger charge is -2.26. The van der Waals surface area contributed by atoms with Crippen molar-refractivity contribution < 1.29 is 19.1 Å². The van der Waals surface area contributed by atoms with E-state index in [1.54, 1.807) is 25.3 Å². The van der Waals surface area contributed by atoms with Gasteiger partial charge in [-0.1, -0.05) is 44.2 Å². The SMILES string of the molecule is COc1ccc(C(=O)Nc2ccc(C(C)(C)CNC(=O)c3cc4ccccc4[nH]3)cc2)cc1OC. The summed E-state index contributed by atoms with van der Waals surface area (Å²) >= 11 is 0. The molecule has 7 nitrogen and oxygen atoms in total. The van der Waals surface area contributed by atoms with Crippen LogP contribution in [0.3, 0.4) is 0 Å². The molecule has 0 atom stereocenters. The number of aromatic nitrogens is 1. The summed E-state index contributed by atoms with van der Waals surface area (Å²) in [5, 5.41) is 6.93. The van der Waals surface area contributed by atoms with Gasteiger partial charge in [-0.05, 0) is 48.0 Å². The number of ether oxygens (including phenoxy) is 2. The first-order chi connectivity index (χ1) is 16.8. The zero-order valence-electron chi connectivity index (χ0n) is 20.3. The molecule has 0 unspecified atom stereocenters. The molecular weight excluding hydrogens is 442 g/mol. The van der Waals surface area contributed by atoms with Crippen molar-refractivity contribution in [3.05, 3.63) is 89.6 Å². The monoisotopic (exact) mass is 471 g/mol. The summed E-state index contributed by atoms with van der Waals surface area (Å²) in [6, 6.07) is 22.3. The molecule has 0 saturated carbocycles. The molecule has 0 radical (unpaired) electrons. The van der Waals surface area contributed by atoms with E-state index < -0.39 is 0 Å². The standard InChI is InChI=1S/C28H29N3O4/c1-28(2,17-29-27(33)23-15-18-7-5-6-8-22(18)31-23)20-10-12-21(13-11-20)30-26(32)19-9-14-24(34-3)25(16-19)35-4/h5-16,31H,17H2,1-4H3,(H,29,33)(H,30,32). The summed E-state index contributed by atoms with van der Waals surface area (Å²) in [7, 11) is 3.08. The fourth-order valence-corrected chi connectivity index (χ4v) is 3.88. The molecule has 35 heavy (non-hydrogen) atoms. The van der Waals surface area contributed by atoms with Crippen molar-refractivity contribution in [1.82, 2.24) is 10.3 Å². The second-order valence-corrected chi connectivity index (χ2v) is 8.94. The quantitative estimate of drug-likeness (QED) is 0.332. The highest BCUT2D eigenvalue weighted by Crippen LogP contribution is 2.28. The molecule has 0 saturated heterocycles. The second-order valence-electron chi connectivity index (χ2n) is 8.94. The lowest BCUT2D eigenvalue weighted by molar-refractivity contribution is 0.0940. The van der Waals surface area contributed by atoms with Gasteiger partial charge in [-0.15, -0.1) is 0 Å². The van der Waals surface area contributed by atoms with Crippen molar-refractivity contribution in [2.24, 2.45) is 0 Å². The van der Waals surface area contributed by atoms with Crippen molar-refractivity contribution in [2.45, 2.75) is 19.3 Å². The van der Waals surface area contributed by atoms with Crippen LogP contribution in [0, 0.1) is 0 Å². The Hall–Kier alpha value is -4.26. The fourth-order valence-electron chi connectivity index (χ4n) is 3.88. The largest absolute Gasteiger partial charge is 0.493 e. The van der Waals surface area contributed by atoms with Gasteiger partial charge in [0.2, 0.25) is 0 Å². The molecule has 4 rings (SSSR count). The fraction of sp³-hybridized carbons (Fsp3) is 0.214. The van der Waals surface area contributed by atoms with Gasteiger partial charge in [-0.2, -0.15) is 0 Å². The molecule has 1 heterocycles. The topological polar surface area (TPSA) is 92.5 Å². The Bertz CT molecular complexity index is 1320. The third kappa shape index (κ3) is 5.30. The van der Waals surface area contributed by atoms with E-state index in [-0.39, 0.29) is 17.2 Å². The van der Waals surface area contributed by atoms with Crippen LogP contribution in [0.15, 0.2) is 72.8 Å². The number of amides is 2. The van der Waals surface area contributed by atoms with Gasteiger partial charge in [0.15, 0.2) is 11.5 Å². The van der Waals surface area contributed by atoms with Gasteiger partial charge in [-0.3, -0.25) is 9.59 Å². The van der Waals surface area contributed by atoms with Crippen molar-refractivity contribution in [1.29, 1.82) is 0 Å². The van der Waals surface area contributed by atoms with Crippen LogP contribution in [-0.4, -0.2) is 37.6 Å². The van der Waals surface area contributed by atoms with Crippen LogP contribution in [0.1, 0.15) is 40.3 Å². The Kier molecular flexibility index (Phi) is 6.78. The Morgan fingerprint density at radius 2 is 1.57 bits per heavy atom. The molecule has 7 heteroatoms. The minimum absolute atomic E-state index is 0.145. The molecule has 0 spiro atoms. The van der Waals surface area contributed by atoms with E-state index in [0.717, 1.165) is 16.5 Å². The number of rotatable bonds is 8. The van der Waals surface area contributed by atoms with Gasteiger partial charge in [0, 0.05) is 34.1 Å². The first kappa shape index (κ1) is 23.9. The smallest absolute Gasteiger partial charge is 0.267 e. The second kappa shape index (κ2) is 9.93. The summed E-state index contributed by atoms with van der Waals surface area (Å²) in [5.41, 5.74) is 3.34. The van der Waals surface area contributed by atoms with E-state index in [4.69, 9.17) is 9.47 Å². The molecule has 180 valence electrons. The maximum Gasteiger partial charge on any atom is 0.267 e. The number of carbonyl (C=O) groups is 2. The van der Waals surface area contributed by atoms with E-state index in [2.05, 4.69) is 29.5 Å². The van der Waals surface area contributed by atoms with Gasteiger partial charge in [0.1, 0.15) is 5.69 Å². The third-order valence-corrected chi connectivity index (χ3v) is 6.04. The normalized spacial score (nSPS) is 11.2. The summed E-state index contributed by atoms with van der Waals surface area (Å²) < 4.78 is 10.5. The molecule has 1 aromatic heterocycles. The molecule has 0 fully saturated rings. The number of hydrogen-bond acceptors (Lipinski definition) is 4. The maximum atomic E-state index is 12.7. The Morgan fingerprint density at radius 3 is 2.26 bits per heavy atom. The molecule has 4 aromatic rings. The van der Waals surface area contributed by atoms with E-state index >= 15 is 0 Å². The number of para-hydroxylation sites is 1. The van der Waals surface area contributed by atoms with Crippen LogP contribution in [0.4, 0.5) is 5.69 Å². The maximum absolute atomic E-state index is 12.7. The Labute approximate surface area is 204 Å². The summed E-state index contributed by atoms with van der Waals surface area (Å²) in [6.07, 6.45) is 0. The van der Waals surface area contributed by atoms with E-state index in [0.29, 0.717) is 35.0 Å². The van der Waals surface area contributed by atoms with Crippen LogP contribution in [0.5, 0.6) is 11.5 Å². The predicted octanol–water partition coefficient (Wildman–Crippen LogP) is 5.15. The minimum atomic E-state index is -0.312. The van der Waals surface area contributed by atoms with Gasteiger partial charge < -0.3 is 25.1 Å². The van der Waals surface area contributed by atoms with E-state index in [1.165, 1.54) is 7.11 Å². The predicted molar refractivity (Wildman–Crippen MR) is 138 cm³/mol. The zero-order valence-corrected chi connectivity index (χ0v) is 20.3. The molecule has 3 N–H and O–H groups in total. The van der Waals surface area contributed by atoms with Crippen LogP contribution >= 0.6 is 0 Å². The highest BCUT2D eigenvalue weighted by Gasteiger charge is 2.22. The lowest BCUT2D eigenvalue weighted by Crippen LogP contribution is -2.36. The number of nitrogens with one attached hydrogen (secondary N) is 3. The van der Waals surface area contributed by atoms with E-state index in [1.807, 2.05) is 54.6 Å². The van der Waals surface area contributed by atoms with Crippen molar-refractivity contribution in [2.75, 3.05) is 26.1 Å². The summed E-state index contributed by atoms with van der Waals surface area (Å²) in [5.74, 6) is 0.663. The molecule has 0 aliphatic rings. The minimum Gasteiger partial charge on any atom is -0.493 e. The summed E-state index contributed by atoms with van der Waals surface area (Å²) in [6.45, 7) is 4.59. The molecule has 0 aliphatic heterocycles. The van der Waals surface area contributed by atoms with Crippen LogP contribution in [0.25, 0.3) is 10.9 Å². The molecule has 2 amide bonds. The number of anilines is 1. The van der Waals surface area contributed by atoms with Gasteiger partial charge in [0.05, 0.1) is 14.2 Å².